The Morgan fingerprint density at radius 3 is 1.75 bits per heavy atom. The first-order chi connectivity index (χ1) is 15.2. The molecule has 10 heteroatoms. The second-order valence-corrected chi connectivity index (χ2v) is 10.3. The molecule has 32 heavy (non-hydrogen) atoms. The van der Waals surface area contributed by atoms with E-state index in [4.69, 9.17) is 9.47 Å². The highest BCUT2D eigenvalue weighted by Crippen LogP contribution is 2.19. The number of nitrogens with one attached hydrogen (secondary N) is 1. The highest BCUT2D eigenvalue weighted by atomic mass is 32.2. The largest absolute Gasteiger partial charge is 0.497 e. The molecule has 3 aromatic carbocycles. The first-order valence-corrected chi connectivity index (χ1v) is 12.5. The zero-order valence-corrected chi connectivity index (χ0v) is 19.1. The normalized spacial score (nSPS) is 12.2. The number of sulfone groups is 1. The number of hydrogen-bond donors (Lipinski definition) is 1. The molecule has 0 saturated carbocycles. The summed E-state index contributed by atoms with van der Waals surface area (Å²) < 4.78 is 61.3. The Balaban J connectivity index is 1.92. The van der Waals surface area contributed by atoms with Crippen LogP contribution in [0.3, 0.4) is 0 Å². The summed E-state index contributed by atoms with van der Waals surface area (Å²) in [6, 6.07) is 20.2. The summed E-state index contributed by atoms with van der Waals surface area (Å²) in [5.41, 5.74) is 0.528. The number of methoxy groups -OCH3 is 2. The van der Waals surface area contributed by atoms with Gasteiger partial charge in [-0.2, -0.15) is 18.4 Å². The molecule has 3 aromatic rings. The maximum Gasteiger partial charge on any atom is 0.276 e. The molecule has 0 amide bonds. The molecular weight excluding hydrogens is 452 g/mol. The smallest absolute Gasteiger partial charge is 0.276 e. The van der Waals surface area contributed by atoms with Gasteiger partial charge in [-0.3, -0.25) is 0 Å². The molecule has 0 heterocycles. The Hall–Kier alpha value is -3.37. The molecule has 0 radical (unpaired) electrons. The van der Waals surface area contributed by atoms with Gasteiger partial charge in [-0.05, 0) is 54.1 Å². The van der Waals surface area contributed by atoms with Gasteiger partial charge in [-0.25, -0.2) is 8.42 Å². The fourth-order valence-corrected chi connectivity index (χ4v) is 4.92. The molecule has 1 N–H and O–H groups in total. The lowest BCUT2D eigenvalue weighted by atomic mass is 10.1. The van der Waals surface area contributed by atoms with Crippen LogP contribution in [0.1, 0.15) is 5.56 Å². The summed E-state index contributed by atoms with van der Waals surface area (Å²) in [7, 11) is -4.88. The molecule has 0 unspecified atom stereocenters. The molecular formula is C22H22N2O6S2. The number of rotatable bonds is 9. The molecule has 0 aliphatic heterocycles. The molecule has 3 rings (SSSR count). The van der Waals surface area contributed by atoms with Crippen LogP contribution in [0.5, 0.6) is 11.5 Å². The Labute approximate surface area is 187 Å². The van der Waals surface area contributed by atoms with E-state index in [1.165, 1.54) is 50.6 Å². The van der Waals surface area contributed by atoms with Gasteiger partial charge in [0.1, 0.15) is 11.5 Å². The number of hydrazone groups is 1. The number of ether oxygens (including phenoxy) is 2. The SMILES string of the molecule is COc1ccc(S(=O)(=O)CC(=NNS(=O)(=O)c2ccc(OC)cc2)c2ccccc2)cc1. The molecule has 0 saturated heterocycles. The second kappa shape index (κ2) is 9.84. The van der Waals surface area contributed by atoms with E-state index in [1.54, 1.807) is 42.5 Å². The van der Waals surface area contributed by atoms with Crippen molar-refractivity contribution in [2.75, 3.05) is 20.0 Å². The average Bonchev–Trinajstić information content (AvgIpc) is 2.82. The van der Waals surface area contributed by atoms with Crippen LogP contribution < -0.4 is 14.3 Å². The maximum absolute atomic E-state index is 13.0. The first kappa shape index (κ1) is 23.3. The molecule has 0 atom stereocenters. The highest BCUT2D eigenvalue weighted by molar-refractivity contribution is 7.92. The Kier molecular flexibility index (Phi) is 7.16. The van der Waals surface area contributed by atoms with Crippen molar-refractivity contribution < 1.29 is 26.3 Å². The summed E-state index contributed by atoms with van der Waals surface area (Å²) in [5, 5.41) is 3.97. The Morgan fingerprint density at radius 1 is 0.750 bits per heavy atom. The van der Waals surface area contributed by atoms with Crippen LogP contribution in [0.25, 0.3) is 0 Å². The molecule has 0 aliphatic carbocycles. The minimum atomic E-state index is -4.02. The van der Waals surface area contributed by atoms with Crippen LogP contribution in [-0.4, -0.2) is 42.5 Å². The van der Waals surface area contributed by atoms with Gasteiger partial charge >= 0.3 is 0 Å². The number of hydrogen-bond acceptors (Lipinski definition) is 7. The van der Waals surface area contributed by atoms with E-state index in [1.807, 2.05) is 0 Å². The van der Waals surface area contributed by atoms with Gasteiger partial charge < -0.3 is 9.47 Å². The van der Waals surface area contributed by atoms with E-state index < -0.39 is 25.6 Å². The number of sulfonamides is 1. The van der Waals surface area contributed by atoms with E-state index in [0.717, 1.165) is 0 Å². The fourth-order valence-electron chi connectivity index (χ4n) is 2.78. The molecule has 0 aliphatic rings. The lowest BCUT2D eigenvalue weighted by molar-refractivity contribution is 0.414. The molecule has 0 fully saturated rings. The van der Waals surface area contributed by atoms with Gasteiger partial charge in [0.2, 0.25) is 0 Å². The molecule has 0 aromatic heterocycles. The van der Waals surface area contributed by atoms with Gasteiger partial charge in [-0.15, -0.1) is 0 Å². The van der Waals surface area contributed by atoms with E-state index in [0.29, 0.717) is 17.1 Å². The lowest BCUT2D eigenvalue weighted by Crippen LogP contribution is -2.24. The Morgan fingerprint density at radius 2 is 1.25 bits per heavy atom. The molecule has 8 nitrogen and oxygen atoms in total. The fraction of sp³-hybridized carbons (Fsp3) is 0.136. The zero-order chi connectivity index (χ0) is 23.2. The van der Waals surface area contributed by atoms with Crippen molar-refractivity contribution in [3.05, 3.63) is 84.4 Å². The molecule has 0 spiro atoms. The van der Waals surface area contributed by atoms with E-state index >= 15 is 0 Å². The quantitative estimate of drug-likeness (QED) is 0.377. The topological polar surface area (TPSA) is 111 Å². The third kappa shape index (κ3) is 5.65. The van der Waals surface area contributed by atoms with Crippen LogP contribution in [0, 0.1) is 0 Å². The molecule has 168 valence electrons. The van der Waals surface area contributed by atoms with Crippen molar-refractivity contribution in [1.82, 2.24) is 4.83 Å². The van der Waals surface area contributed by atoms with Gasteiger partial charge in [0.25, 0.3) is 10.0 Å². The zero-order valence-electron chi connectivity index (χ0n) is 17.4. The summed E-state index contributed by atoms with van der Waals surface area (Å²) in [4.78, 5) is 2.17. The van der Waals surface area contributed by atoms with Crippen LogP contribution >= 0.6 is 0 Å². The van der Waals surface area contributed by atoms with Gasteiger partial charge in [0, 0.05) is 0 Å². The van der Waals surface area contributed by atoms with E-state index in [-0.39, 0.29) is 15.5 Å². The van der Waals surface area contributed by atoms with Crippen molar-refractivity contribution in [2.45, 2.75) is 9.79 Å². The van der Waals surface area contributed by atoms with Crippen LogP contribution in [0.15, 0.2) is 93.8 Å². The average molecular weight is 475 g/mol. The first-order valence-electron chi connectivity index (χ1n) is 9.40. The predicted molar refractivity (Wildman–Crippen MR) is 121 cm³/mol. The summed E-state index contributed by atoms with van der Waals surface area (Å²) in [6.07, 6.45) is 0. The minimum absolute atomic E-state index is 0.0347. The van der Waals surface area contributed by atoms with Crippen LogP contribution in [0.2, 0.25) is 0 Å². The van der Waals surface area contributed by atoms with E-state index in [2.05, 4.69) is 9.93 Å². The number of nitrogens with zero attached hydrogens (tertiary/aromatic N) is 1. The highest BCUT2D eigenvalue weighted by Gasteiger charge is 2.21. The van der Waals surface area contributed by atoms with Crippen LogP contribution in [0.4, 0.5) is 0 Å². The maximum atomic E-state index is 13.0. The van der Waals surface area contributed by atoms with Crippen molar-refractivity contribution in [1.29, 1.82) is 0 Å². The predicted octanol–water partition coefficient (Wildman–Crippen LogP) is 2.86. The summed E-state index contributed by atoms with van der Waals surface area (Å²) in [6.45, 7) is 0. The van der Waals surface area contributed by atoms with Gasteiger partial charge in [0.15, 0.2) is 9.84 Å². The minimum Gasteiger partial charge on any atom is -0.497 e. The van der Waals surface area contributed by atoms with Gasteiger partial charge in [0.05, 0.1) is 35.5 Å². The summed E-state index contributed by atoms with van der Waals surface area (Å²) >= 11 is 0. The Bertz CT molecular complexity index is 1290. The number of benzene rings is 3. The van der Waals surface area contributed by atoms with Crippen molar-refractivity contribution in [3.63, 3.8) is 0 Å². The van der Waals surface area contributed by atoms with E-state index in [9.17, 15) is 16.8 Å². The van der Waals surface area contributed by atoms with Crippen LogP contribution in [-0.2, 0) is 19.9 Å². The second-order valence-electron chi connectivity index (χ2n) is 6.63. The van der Waals surface area contributed by atoms with Gasteiger partial charge in [-0.1, -0.05) is 30.3 Å². The standard InChI is InChI=1S/C22H22N2O6S2/c1-29-18-8-12-20(13-9-18)31(25,26)16-22(17-6-4-3-5-7-17)23-24-32(27,28)21-14-10-19(30-2)11-15-21/h3-15,24H,16H2,1-2H3. The van der Waals surface area contributed by atoms with Crippen molar-refractivity contribution >= 4 is 25.6 Å². The lowest BCUT2D eigenvalue weighted by Gasteiger charge is -2.11. The third-order valence-electron chi connectivity index (χ3n) is 4.52. The van der Waals surface area contributed by atoms with Crippen molar-refractivity contribution in [3.8, 4) is 11.5 Å². The summed E-state index contributed by atoms with van der Waals surface area (Å²) in [5.74, 6) is 0.519. The third-order valence-corrected chi connectivity index (χ3v) is 7.39. The monoisotopic (exact) mass is 474 g/mol. The van der Waals surface area contributed by atoms with Crippen molar-refractivity contribution in [2.24, 2.45) is 5.10 Å². The molecule has 0 bridgehead atoms.